The molecule has 0 fully saturated rings. The molecule has 2 heterocycles. The molecule has 1 aromatic heterocycles. The average Bonchev–Trinajstić information content (AvgIpc) is 3.24. The molecule has 0 radical (unpaired) electrons. The van der Waals surface area contributed by atoms with Crippen molar-refractivity contribution in [2.45, 2.75) is 26.2 Å². The number of anilines is 1. The summed E-state index contributed by atoms with van der Waals surface area (Å²) in [7, 11) is 2.02. The molecule has 0 saturated heterocycles. The molecule has 4 aromatic rings. The zero-order valence-electron chi connectivity index (χ0n) is 19.2. The molecule has 0 bridgehead atoms. The van der Waals surface area contributed by atoms with Gasteiger partial charge in [-0.3, -0.25) is 4.98 Å². The molecule has 1 aliphatic heterocycles. The Morgan fingerprint density at radius 1 is 0.879 bits per heavy atom. The Morgan fingerprint density at radius 2 is 1.67 bits per heavy atom. The van der Waals surface area contributed by atoms with Crippen LogP contribution in [0.15, 0.2) is 79.3 Å². The Balaban J connectivity index is 0.00000259. The zero-order chi connectivity index (χ0) is 22.3. The van der Waals surface area contributed by atoms with Crippen molar-refractivity contribution in [1.82, 2.24) is 9.88 Å². The predicted octanol–water partition coefficient (Wildman–Crippen LogP) is 6.81. The smallest absolute Gasteiger partial charge is 0.0186 e. The Morgan fingerprint density at radius 3 is 2.42 bits per heavy atom. The summed E-state index contributed by atoms with van der Waals surface area (Å²) in [6.45, 7) is 8.71. The normalized spacial score (nSPS) is 13.5. The van der Waals surface area contributed by atoms with E-state index in [1.165, 1.54) is 5.56 Å². The van der Waals surface area contributed by atoms with Gasteiger partial charge in [0.05, 0.1) is 0 Å². The van der Waals surface area contributed by atoms with Crippen molar-refractivity contribution < 1.29 is 21.1 Å². The molecule has 170 valence electrons. The van der Waals surface area contributed by atoms with Gasteiger partial charge in [-0.1, -0.05) is 61.9 Å². The largest absolute Gasteiger partial charge is 0.510 e. The van der Waals surface area contributed by atoms with E-state index in [9.17, 15) is 0 Å². The summed E-state index contributed by atoms with van der Waals surface area (Å²) in [5.41, 5.74) is 6.47. The molecule has 5 rings (SSSR count). The van der Waals surface area contributed by atoms with Crippen LogP contribution in [0, 0.1) is 18.8 Å². The van der Waals surface area contributed by atoms with Crippen LogP contribution in [0.5, 0.6) is 0 Å². The maximum absolute atomic E-state index is 4.63. The Labute approximate surface area is 211 Å². The number of fused-ring (bicyclic) bond motifs is 1. The van der Waals surface area contributed by atoms with Crippen LogP contribution in [0.25, 0.3) is 33.2 Å². The Kier molecular flexibility index (Phi) is 6.45. The van der Waals surface area contributed by atoms with E-state index in [0.717, 1.165) is 38.8 Å². The van der Waals surface area contributed by atoms with Gasteiger partial charge in [-0.2, -0.15) is 6.67 Å². The molecule has 0 N–H and O–H groups in total. The summed E-state index contributed by atoms with van der Waals surface area (Å²) in [6, 6.07) is 28.4. The van der Waals surface area contributed by atoms with Gasteiger partial charge < -0.3 is 9.80 Å². The van der Waals surface area contributed by atoms with Gasteiger partial charge in [-0.05, 0) is 36.5 Å². The van der Waals surface area contributed by atoms with Crippen molar-refractivity contribution in [1.29, 1.82) is 0 Å². The predicted molar refractivity (Wildman–Crippen MR) is 133 cm³/mol. The van der Waals surface area contributed by atoms with Crippen molar-refractivity contribution in [2.75, 3.05) is 11.9 Å². The van der Waals surface area contributed by atoms with Gasteiger partial charge >= 0.3 is 0 Å². The Bertz CT molecular complexity index is 1320. The van der Waals surface area contributed by atoms with E-state index in [4.69, 9.17) is 0 Å². The van der Waals surface area contributed by atoms with Crippen LogP contribution < -0.4 is 4.90 Å². The van der Waals surface area contributed by atoms with Crippen LogP contribution in [0.4, 0.5) is 5.69 Å². The quantitative estimate of drug-likeness (QED) is 0.238. The van der Waals surface area contributed by atoms with Crippen LogP contribution in [-0.2, 0) is 26.5 Å². The van der Waals surface area contributed by atoms with Crippen LogP contribution in [0.2, 0.25) is 0 Å². The van der Waals surface area contributed by atoms with E-state index in [1.54, 1.807) is 0 Å². The maximum Gasteiger partial charge on any atom is 0.0186 e. The fourth-order valence-corrected chi connectivity index (χ4v) is 3.97. The molecule has 0 atom stereocenters. The number of rotatable bonds is 3. The Hall–Kier alpha value is -2.90. The van der Waals surface area contributed by atoms with Crippen molar-refractivity contribution in [3.8, 4) is 22.4 Å². The molecule has 0 aliphatic carbocycles. The fourth-order valence-electron chi connectivity index (χ4n) is 3.97. The van der Waals surface area contributed by atoms with E-state index in [2.05, 4.69) is 103 Å². The van der Waals surface area contributed by atoms with Gasteiger partial charge in [0.2, 0.25) is 0 Å². The summed E-state index contributed by atoms with van der Waals surface area (Å²) in [6.07, 6.45) is 5.96. The van der Waals surface area contributed by atoms with Crippen molar-refractivity contribution in [3.05, 3.63) is 104 Å². The van der Waals surface area contributed by atoms with Crippen LogP contribution >= 0.6 is 0 Å². The molecular formula is C29H26N3Pt-3. The SMILES string of the molecule is CN1C=CN(c2[c-]c3c(-c4[c-]c(-c5cc(C(C)(C)C)ccn5)ccc4)cccc3cc2)[CH-]1.[Pt]. The fraction of sp³-hybridized carbons (Fsp3) is 0.172. The zero-order valence-corrected chi connectivity index (χ0v) is 21.5. The third-order valence-electron chi connectivity index (χ3n) is 5.80. The minimum absolute atomic E-state index is 0. The number of benzene rings is 3. The topological polar surface area (TPSA) is 19.4 Å². The summed E-state index contributed by atoms with van der Waals surface area (Å²) in [4.78, 5) is 8.74. The summed E-state index contributed by atoms with van der Waals surface area (Å²) >= 11 is 0. The van der Waals surface area contributed by atoms with Gasteiger partial charge in [0.25, 0.3) is 0 Å². The van der Waals surface area contributed by atoms with Crippen LogP contribution in [-0.4, -0.2) is 16.9 Å². The van der Waals surface area contributed by atoms with Crippen molar-refractivity contribution in [3.63, 3.8) is 0 Å². The first-order chi connectivity index (χ1) is 15.4. The molecule has 0 saturated carbocycles. The van der Waals surface area contributed by atoms with Gasteiger partial charge in [0, 0.05) is 33.0 Å². The number of aromatic nitrogens is 1. The number of pyridine rings is 1. The van der Waals surface area contributed by atoms with Gasteiger partial charge in [0.15, 0.2) is 0 Å². The van der Waals surface area contributed by atoms with Crippen molar-refractivity contribution in [2.24, 2.45) is 0 Å². The molecule has 3 nitrogen and oxygen atoms in total. The molecule has 1 aliphatic rings. The van der Waals surface area contributed by atoms with E-state index in [0.29, 0.717) is 0 Å². The first-order valence-corrected chi connectivity index (χ1v) is 10.9. The monoisotopic (exact) mass is 611 g/mol. The van der Waals surface area contributed by atoms with Gasteiger partial charge in [-0.25, -0.2) is 0 Å². The molecular weight excluding hydrogens is 585 g/mol. The first kappa shape index (κ1) is 23.3. The van der Waals surface area contributed by atoms with E-state index in [-0.39, 0.29) is 26.5 Å². The third kappa shape index (κ3) is 4.75. The molecule has 4 heteroatoms. The minimum atomic E-state index is 0. The second-order valence-corrected chi connectivity index (χ2v) is 9.26. The summed E-state index contributed by atoms with van der Waals surface area (Å²) < 4.78 is 0. The molecule has 3 aromatic carbocycles. The van der Waals surface area contributed by atoms with Gasteiger partial charge in [0.1, 0.15) is 0 Å². The van der Waals surface area contributed by atoms with E-state index < -0.39 is 0 Å². The van der Waals surface area contributed by atoms with Crippen LogP contribution in [0.3, 0.4) is 0 Å². The molecule has 0 unspecified atom stereocenters. The average molecular weight is 612 g/mol. The molecule has 33 heavy (non-hydrogen) atoms. The van der Waals surface area contributed by atoms with Crippen molar-refractivity contribution >= 4 is 16.5 Å². The first-order valence-electron chi connectivity index (χ1n) is 10.9. The number of hydrogen-bond acceptors (Lipinski definition) is 3. The summed E-state index contributed by atoms with van der Waals surface area (Å²) in [5, 5.41) is 2.25. The van der Waals surface area contributed by atoms with Crippen LogP contribution in [0.1, 0.15) is 26.3 Å². The number of hydrogen-bond donors (Lipinski definition) is 0. The second kappa shape index (κ2) is 9.15. The second-order valence-electron chi connectivity index (χ2n) is 9.26. The third-order valence-corrected chi connectivity index (χ3v) is 5.80. The van der Waals surface area contributed by atoms with E-state index >= 15 is 0 Å². The standard InChI is InChI=1S/C29H26N3.Pt/c1-29(2,3)24-13-14-30-28(18-24)23-9-5-8-22(17-23)26-10-6-7-21-11-12-25(19-27(21)26)32-16-15-31(4)20-32;/h5-16,18,20H,1-4H3;/q-3;. The van der Waals surface area contributed by atoms with E-state index in [1.807, 2.05) is 37.2 Å². The van der Waals surface area contributed by atoms with Gasteiger partial charge in [-0.15, -0.1) is 58.8 Å². The molecule has 0 spiro atoms. The maximum atomic E-state index is 4.63. The number of nitrogens with zero attached hydrogens (tertiary/aromatic N) is 3. The minimum Gasteiger partial charge on any atom is -0.510 e. The summed E-state index contributed by atoms with van der Waals surface area (Å²) in [5.74, 6) is 0. The molecule has 0 amide bonds.